The second-order valence-corrected chi connectivity index (χ2v) is 6.52. The Balaban J connectivity index is 1.74. The highest BCUT2D eigenvalue weighted by molar-refractivity contribution is 5.80. The van der Waals surface area contributed by atoms with E-state index in [0.717, 1.165) is 45.2 Å². The molecule has 26 heavy (non-hydrogen) atoms. The smallest absolute Gasteiger partial charge is 0.193 e. The van der Waals surface area contributed by atoms with E-state index in [2.05, 4.69) is 39.5 Å². The lowest BCUT2D eigenvalue weighted by Gasteiger charge is -2.22. The van der Waals surface area contributed by atoms with Crippen LogP contribution < -0.4 is 5.32 Å². The van der Waals surface area contributed by atoms with Crippen molar-refractivity contribution < 1.29 is 14.2 Å². The van der Waals surface area contributed by atoms with Crippen LogP contribution in [0.4, 0.5) is 0 Å². The third-order valence-electron chi connectivity index (χ3n) is 4.53. The maximum Gasteiger partial charge on any atom is 0.193 e. The van der Waals surface area contributed by atoms with E-state index in [1.807, 2.05) is 14.0 Å². The van der Waals surface area contributed by atoms with Gasteiger partial charge in [0.25, 0.3) is 0 Å². The first-order chi connectivity index (χ1) is 12.8. The molecule has 6 heteroatoms. The van der Waals surface area contributed by atoms with Crippen LogP contribution in [0.2, 0.25) is 0 Å². The van der Waals surface area contributed by atoms with Crippen LogP contribution in [0.15, 0.2) is 29.3 Å². The van der Waals surface area contributed by atoms with E-state index in [-0.39, 0.29) is 0 Å². The Bertz CT molecular complexity index is 534. The number of benzene rings is 1. The van der Waals surface area contributed by atoms with Crippen LogP contribution in [0.3, 0.4) is 0 Å². The van der Waals surface area contributed by atoms with Crippen LogP contribution in [0.1, 0.15) is 24.5 Å². The molecular formula is C20H33N3O3. The van der Waals surface area contributed by atoms with Gasteiger partial charge in [0.15, 0.2) is 5.96 Å². The number of nitrogens with zero attached hydrogens (tertiary/aromatic N) is 2. The summed E-state index contributed by atoms with van der Waals surface area (Å²) < 4.78 is 16.1. The molecule has 0 aromatic heterocycles. The van der Waals surface area contributed by atoms with Gasteiger partial charge in [0, 0.05) is 46.3 Å². The van der Waals surface area contributed by atoms with E-state index in [1.54, 1.807) is 7.11 Å². The lowest BCUT2D eigenvalue weighted by molar-refractivity contribution is 0.0536. The Labute approximate surface area is 157 Å². The maximum atomic E-state index is 5.67. The SMILES string of the molecule is CCOCc1ccc(CNC(=NC)N2CCC(COCCOC)C2)cc1. The van der Waals surface area contributed by atoms with Gasteiger partial charge in [-0.2, -0.15) is 0 Å². The van der Waals surface area contributed by atoms with Crippen molar-refractivity contribution in [3.63, 3.8) is 0 Å². The molecule has 1 unspecified atom stereocenters. The van der Waals surface area contributed by atoms with Gasteiger partial charge in [-0.3, -0.25) is 4.99 Å². The Hall–Kier alpha value is -1.63. The number of aliphatic imine (C=N–C) groups is 1. The van der Waals surface area contributed by atoms with Crippen molar-refractivity contribution in [2.45, 2.75) is 26.5 Å². The number of hydrogen-bond acceptors (Lipinski definition) is 4. The average molecular weight is 364 g/mol. The highest BCUT2D eigenvalue weighted by Crippen LogP contribution is 2.17. The molecule has 0 amide bonds. The monoisotopic (exact) mass is 363 g/mol. The number of ether oxygens (including phenoxy) is 3. The highest BCUT2D eigenvalue weighted by atomic mass is 16.5. The van der Waals surface area contributed by atoms with Gasteiger partial charge in [-0.15, -0.1) is 0 Å². The number of likely N-dealkylation sites (tertiary alicyclic amines) is 1. The zero-order valence-electron chi connectivity index (χ0n) is 16.4. The van der Waals surface area contributed by atoms with Gasteiger partial charge in [0.05, 0.1) is 26.4 Å². The number of hydrogen-bond donors (Lipinski definition) is 1. The molecule has 6 nitrogen and oxygen atoms in total. The van der Waals surface area contributed by atoms with Crippen molar-refractivity contribution >= 4 is 5.96 Å². The van der Waals surface area contributed by atoms with Crippen LogP contribution in [0, 0.1) is 5.92 Å². The topological polar surface area (TPSA) is 55.3 Å². The minimum Gasteiger partial charge on any atom is -0.382 e. The summed E-state index contributed by atoms with van der Waals surface area (Å²) in [6, 6.07) is 8.54. The summed E-state index contributed by atoms with van der Waals surface area (Å²) in [5, 5.41) is 3.47. The Morgan fingerprint density at radius 3 is 2.65 bits per heavy atom. The fraction of sp³-hybridized carbons (Fsp3) is 0.650. The standard InChI is InChI=1S/C20H33N3O3/c1-4-25-15-18-7-5-17(6-8-18)13-22-20(21-2)23-10-9-19(14-23)16-26-12-11-24-3/h5-8,19H,4,9-16H2,1-3H3,(H,21,22). The summed E-state index contributed by atoms with van der Waals surface area (Å²) in [7, 11) is 3.54. The van der Waals surface area contributed by atoms with Gasteiger partial charge in [-0.1, -0.05) is 24.3 Å². The molecule has 1 aromatic rings. The van der Waals surface area contributed by atoms with Crippen molar-refractivity contribution in [1.82, 2.24) is 10.2 Å². The van der Waals surface area contributed by atoms with Crippen molar-refractivity contribution in [3.8, 4) is 0 Å². The van der Waals surface area contributed by atoms with E-state index < -0.39 is 0 Å². The Kier molecular flexibility index (Phi) is 9.45. The molecule has 1 aliphatic heterocycles. The van der Waals surface area contributed by atoms with Crippen LogP contribution in [-0.2, 0) is 27.4 Å². The van der Waals surface area contributed by atoms with E-state index in [9.17, 15) is 0 Å². The summed E-state index contributed by atoms with van der Waals surface area (Å²) in [6.45, 7) is 8.32. The molecule has 2 rings (SSSR count). The molecule has 0 aliphatic carbocycles. The molecule has 0 radical (unpaired) electrons. The highest BCUT2D eigenvalue weighted by Gasteiger charge is 2.24. The van der Waals surface area contributed by atoms with Gasteiger partial charge in [0.2, 0.25) is 0 Å². The van der Waals surface area contributed by atoms with E-state index in [1.165, 1.54) is 11.1 Å². The fourth-order valence-electron chi connectivity index (χ4n) is 3.04. The third kappa shape index (κ3) is 6.94. The van der Waals surface area contributed by atoms with E-state index in [0.29, 0.717) is 25.7 Å². The quantitative estimate of drug-likeness (QED) is 0.393. The summed E-state index contributed by atoms with van der Waals surface area (Å²) in [5.41, 5.74) is 2.45. The fourth-order valence-corrected chi connectivity index (χ4v) is 3.04. The molecule has 0 saturated carbocycles. The Morgan fingerprint density at radius 1 is 1.19 bits per heavy atom. The Morgan fingerprint density at radius 2 is 1.96 bits per heavy atom. The van der Waals surface area contributed by atoms with Crippen LogP contribution in [0.5, 0.6) is 0 Å². The average Bonchev–Trinajstić information content (AvgIpc) is 3.14. The summed E-state index contributed by atoms with van der Waals surface area (Å²) in [6.07, 6.45) is 1.14. The molecule has 1 saturated heterocycles. The lowest BCUT2D eigenvalue weighted by Crippen LogP contribution is -2.39. The molecular weight excluding hydrogens is 330 g/mol. The maximum absolute atomic E-state index is 5.67. The first-order valence-corrected chi connectivity index (χ1v) is 9.44. The summed E-state index contributed by atoms with van der Waals surface area (Å²) in [4.78, 5) is 6.75. The summed E-state index contributed by atoms with van der Waals surface area (Å²) in [5.74, 6) is 1.52. The van der Waals surface area contributed by atoms with Gasteiger partial charge in [-0.05, 0) is 24.5 Å². The van der Waals surface area contributed by atoms with Gasteiger partial charge in [-0.25, -0.2) is 0 Å². The normalized spacial score (nSPS) is 17.7. The van der Waals surface area contributed by atoms with Crippen LogP contribution in [0.25, 0.3) is 0 Å². The lowest BCUT2D eigenvalue weighted by atomic mass is 10.1. The molecule has 1 N–H and O–H groups in total. The minimum absolute atomic E-state index is 0.559. The largest absolute Gasteiger partial charge is 0.382 e. The number of methoxy groups -OCH3 is 1. The first kappa shape index (κ1) is 20.7. The molecule has 0 bridgehead atoms. The molecule has 1 fully saturated rings. The molecule has 1 aliphatic rings. The zero-order chi connectivity index (χ0) is 18.6. The second-order valence-electron chi connectivity index (χ2n) is 6.52. The zero-order valence-corrected chi connectivity index (χ0v) is 16.4. The molecule has 1 atom stereocenters. The van der Waals surface area contributed by atoms with E-state index in [4.69, 9.17) is 14.2 Å². The third-order valence-corrected chi connectivity index (χ3v) is 4.53. The van der Waals surface area contributed by atoms with Gasteiger partial charge < -0.3 is 24.4 Å². The predicted molar refractivity (Wildman–Crippen MR) is 104 cm³/mol. The molecule has 1 aromatic carbocycles. The summed E-state index contributed by atoms with van der Waals surface area (Å²) >= 11 is 0. The van der Waals surface area contributed by atoms with E-state index >= 15 is 0 Å². The molecule has 1 heterocycles. The number of guanidine groups is 1. The minimum atomic E-state index is 0.559. The van der Waals surface area contributed by atoms with Crippen molar-refractivity contribution in [2.75, 3.05) is 53.7 Å². The molecule has 0 spiro atoms. The molecule has 146 valence electrons. The van der Waals surface area contributed by atoms with Crippen LogP contribution >= 0.6 is 0 Å². The predicted octanol–water partition coefficient (Wildman–Crippen LogP) is 2.28. The van der Waals surface area contributed by atoms with Crippen molar-refractivity contribution in [2.24, 2.45) is 10.9 Å². The van der Waals surface area contributed by atoms with Gasteiger partial charge >= 0.3 is 0 Å². The van der Waals surface area contributed by atoms with Gasteiger partial charge in [0.1, 0.15) is 0 Å². The first-order valence-electron chi connectivity index (χ1n) is 9.44. The number of rotatable bonds is 10. The van der Waals surface area contributed by atoms with Crippen LogP contribution in [-0.4, -0.2) is 64.5 Å². The van der Waals surface area contributed by atoms with Crippen molar-refractivity contribution in [1.29, 1.82) is 0 Å². The number of nitrogens with one attached hydrogen (secondary N) is 1. The second kappa shape index (κ2) is 11.9. The van der Waals surface area contributed by atoms with Crippen molar-refractivity contribution in [3.05, 3.63) is 35.4 Å².